The molecule has 152 valence electrons. The third-order valence-corrected chi connectivity index (χ3v) is 6.33. The minimum absolute atomic E-state index is 0.244. The average molecular weight is 478 g/mol. The van der Waals surface area contributed by atoms with E-state index in [-0.39, 0.29) is 4.90 Å². The van der Waals surface area contributed by atoms with Crippen molar-refractivity contribution in [3.8, 4) is 28.2 Å². The first-order valence-corrected chi connectivity index (χ1v) is 11.9. The van der Waals surface area contributed by atoms with Crippen LogP contribution in [0.5, 0.6) is 0 Å². The van der Waals surface area contributed by atoms with Gasteiger partial charge in [0.2, 0.25) is 0 Å². The Morgan fingerprint density at radius 3 is 1.90 bits per heavy atom. The monoisotopic (exact) mass is 476 g/mol. The minimum atomic E-state index is -3.29. The molecule has 0 bridgehead atoms. The molecule has 0 saturated heterocycles. The van der Waals surface area contributed by atoms with E-state index in [1.807, 2.05) is 18.2 Å². The van der Waals surface area contributed by atoms with E-state index in [9.17, 15) is 8.42 Å². The second kappa shape index (κ2) is 8.08. The van der Waals surface area contributed by atoms with Gasteiger partial charge in [0.15, 0.2) is 9.84 Å². The molecule has 0 aliphatic heterocycles. The van der Waals surface area contributed by atoms with E-state index >= 15 is 0 Å². The summed E-state index contributed by atoms with van der Waals surface area (Å²) < 4.78 is 25.3. The molecule has 4 aromatic rings. The Balaban J connectivity index is 1.89. The number of aromatic nitrogens is 2. The van der Waals surface area contributed by atoms with Crippen molar-refractivity contribution < 1.29 is 8.42 Å². The lowest BCUT2D eigenvalue weighted by Crippen LogP contribution is -2.01. The second-order valence-corrected chi connectivity index (χ2v) is 10.1. The highest BCUT2D eigenvalue weighted by Gasteiger charge is 2.15. The molecule has 0 N–H and O–H groups in total. The zero-order valence-electron chi connectivity index (χ0n) is 15.7. The number of rotatable bonds is 4. The maximum atomic E-state index is 11.8. The summed E-state index contributed by atoms with van der Waals surface area (Å²) in [5.74, 6) is 0. The summed E-state index contributed by atoms with van der Waals surface area (Å²) in [7, 11) is -3.29. The van der Waals surface area contributed by atoms with Crippen LogP contribution in [0, 0.1) is 0 Å². The fourth-order valence-electron chi connectivity index (χ4n) is 3.08. The molecule has 1 heterocycles. The molecule has 1 aromatic heterocycles. The minimum Gasteiger partial charge on any atom is -0.232 e. The van der Waals surface area contributed by atoms with Crippen LogP contribution in [0.1, 0.15) is 0 Å². The average Bonchev–Trinajstić information content (AvgIpc) is 3.13. The van der Waals surface area contributed by atoms with Crippen molar-refractivity contribution in [2.75, 3.05) is 6.26 Å². The first-order valence-electron chi connectivity index (χ1n) is 8.84. The lowest BCUT2D eigenvalue weighted by molar-refractivity contribution is 0.602. The van der Waals surface area contributed by atoms with E-state index in [0.717, 1.165) is 16.8 Å². The van der Waals surface area contributed by atoms with Crippen molar-refractivity contribution in [1.29, 1.82) is 0 Å². The Kier molecular flexibility index (Phi) is 5.64. The van der Waals surface area contributed by atoms with Gasteiger partial charge in [0.05, 0.1) is 22.0 Å². The summed E-state index contributed by atoms with van der Waals surface area (Å²) in [4.78, 5) is 0.244. The third kappa shape index (κ3) is 4.40. The predicted molar refractivity (Wildman–Crippen MR) is 123 cm³/mol. The molecule has 8 heteroatoms. The van der Waals surface area contributed by atoms with Crippen LogP contribution < -0.4 is 0 Å². The highest BCUT2D eigenvalue weighted by atomic mass is 35.5. The van der Waals surface area contributed by atoms with Crippen LogP contribution in [-0.2, 0) is 9.84 Å². The zero-order chi connectivity index (χ0) is 21.5. The van der Waals surface area contributed by atoms with E-state index in [4.69, 9.17) is 39.9 Å². The third-order valence-electron chi connectivity index (χ3n) is 4.52. The Hall–Kier alpha value is -2.31. The van der Waals surface area contributed by atoms with E-state index in [1.165, 1.54) is 6.26 Å². The lowest BCUT2D eigenvalue weighted by Gasteiger charge is -2.08. The van der Waals surface area contributed by atoms with Gasteiger partial charge in [-0.1, -0.05) is 46.9 Å². The Morgan fingerprint density at radius 2 is 1.33 bits per heavy atom. The number of sulfone groups is 1. The molecule has 0 aliphatic rings. The maximum absolute atomic E-state index is 11.8. The quantitative estimate of drug-likeness (QED) is 0.334. The number of benzene rings is 3. The first-order chi connectivity index (χ1) is 14.2. The summed E-state index contributed by atoms with van der Waals surface area (Å²) in [5.41, 5.74) is 3.88. The van der Waals surface area contributed by atoms with E-state index < -0.39 is 9.84 Å². The molecular formula is C22H15Cl3N2O2S. The van der Waals surface area contributed by atoms with Crippen LogP contribution in [0.3, 0.4) is 0 Å². The molecule has 4 nitrogen and oxygen atoms in total. The molecule has 0 fully saturated rings. The standard InChI is InChI=1S/C22H15Cl3N2O2S/c1-30(28,29)20-8-6-19(7-9-20)27-22(14-2-4-16(23)5-3-14)13-21(26-27)15-10-17(24)12-18(25)11-15/h2-13H,1H3. The van der Waals surface area contributed by atoms with Crippen molar-refractivity contribution in [2.24, 2.45) is 0 Å². The van der Waals surface area contributed by atoms with Gasteiger partial charge in [0, 0.05) is 32.5 Å². The van der Waals surface area contributed by atoms with Crippen molar-refractivity contribution in [1.82, 2.24) is 9.78 Å². The number of nitrogens with zero attached hydrogens (tertiary/aromatic N) is 2. The van der Waals surface area contributed by atoms with Gasteiger partial charge in [0.25, 0.3) is 0 Å². The molecular weight excluding hydrogens is 463 g/mol. The van der Waals surface area contributed by atoms with Crippen LogP contribution in [0.25, 0.3) is 28.2 Å². The van der Waals surface area contributed by atoms with Gasteiger partial charge < -0.3 is 0 Å². The fraction of sp³-hybridized carbons (Fsp3) is 0.0455. The Morgan fingerprint density at radius 1 is 0.733 bits per heavy atom. The molecule has 30 heavy (non-hydrogen) atoms. The fourth-order valence-corrected chi connectivity index (χ4v) is 4.36. The van der Waals surface area contributed by atoms with Crippen LogP contribution in [0.15, 0.2) is 77.7 Å². The molecule has 0 aliphatic carbocycles. The molecule has 0 unspecified atom stereocenters. The van der Waals surface area contributed by atoms with Crippen LogP contribution in [-0.4, -0.2) is 24.5 Å². The topological polar surface area (TPSA) is 52.0 Å². The molecule has 0 spiro atoms. The number of halogens is 3. The zero-order valence-corrected chi connectivity index (χ0v) is 18.8. The van der Waals surface area contributed by atoms with E-state index in [1.54, 1.807) is 59.3 Å². The van der Waals surface area contributed by atoms with Gasteiger partial charge in [-0.3, -0.25) is 0 Å². The van der Waals surface area contributed by atoms with Crippen molar-refractivity contribution in [2.45, 2.75) is 4.90 Å². The van der Waals surface area contributed by atoms with Crippen LogP contribution >= 0.6 is 34.8 Å². The van der Waals surface area contributed by atoms with E-state index in [0.29, 0.717) is 26.4 Å². The van der Waals surface area contributed by atoms with E-state index in [2.05, 4.69) is 0 Å². The number of hydrogen-bond acceptors (Lipinski definition) is 3. The Labute approximate surface area is 189 Å². The molecule has 0 amide bonds. The van der Waals surface area contributed by atoms with Gasteiger partial charge in [-0.15, -0.1) is 0 Å². The summed E-state index contributed by atoms with van der Waals surface area (Å²) >= 11 is 18.4. The molecule has 0 saturated carbocycles. The largest absolute Gasteiger partial charge is 0.232 e. The Bertz CT molecular complexity index is 1310. The van der Waals surface area contributed by atoms with Gasteiger partial charge >= 0.3 is 0 Å². The van der Waals surface area contributed by atoms with Crippen LogP contribution in [0.2, 0.25) is 15.1 Å². The molecule has 3 aromatic carbocycles. The number of hydrogen-bond donors (Lipinski definition) is 0. The van der Waals surface area contributed by atoms with Crippen molar-refractivity contribution in [3.63, 3.8) is 0 Å². The predicted octanol–water partition coefficient (Wildman–Crippen LogP) is 6.57. The normalized spacial score (nSPS) is 11.6. The summed E-state index contributed by atoms with van der Waals surface area (Å²) in [5, 5.41) is 6.39. The first kappa shape index (κ1) is 20.9. The molecule has 0 radical (unpaired) electrons. The second-order valence-electron chi connectivity index (χ2n) is 6.76. The molecule has 0 atom stereocenters. The SMILES string of the molecule is CS(=O)(=O)c1ccc(-n2nc(-c3cc(Cl)cc(Cl)c3)cc2-c2ccc(Cl)cc2)cc1. The van der Waals surface area contributed by atoms with Gasteiger partial charge in [-0.25, -0.2) is 13.1 Å². The maximum Gasteiger partial charge on any atom is 0.175 e. The highest BCUT2D eigenvalue weighted by Crippen LogP contribution is 2.32. The van der Waals surface area contributed by atoms with Crippen molar-refractivity contribution in [3.05, 3.63) is 87.9 Å². The summed E-state index contributed by atoms with van der Waals surface area (Å²) in [6.07, 6.45) is 1.18. The lowest BCUT2D eigenvalue weighted by atomic mass is 10.1. The smallest absolute Gasteiger partial charge is 0.175 e. The summed E-state index contributed by atoms with van der Waals surface area (Å²) in [6.45, 7) is 0. The van der Waals surface area contributed by atoms with Crippen molar-refractivity contribution >= 4 is 44.6 Å². The van der Waals surface area contributed by atoms with Gasteiger partial charge in [-0.2, -0.15) is 5.10 Å². The van der Waals surface area contributed by atoms with Crippen LogP contribution in [0.4, 0.5) is 0 Å². The van der Waals surface area contributed by atoms with Gasteiger partial charge in [0.1, 0.15) is 0 Å². The molecule has 4 rings (SSSR count). The summed E-state index contributed by atoms with van der Waals surface area (Å²) in [6, 6.07) is 21.1. The highest BCUT2D eigenvalue weighted by molar-refractivity contribution is 7.90. The van der Waals surface area contributed by atoms with Gasteiger partial charge in [-0.05, 0) is 60.7 Å².